The lowest BCUT2D eigenvalue weighted by molar-refractivity contribution is 0.209. The van der Waals surface area contributed by atoms with Gasteiger partial charge in [0.25, 0.3) is 0 Å². The van der Waals surface area contributed by atoms with Crippen LogP contribution in [0.3, 0.4) is 0 Å². The SMILES string of the molecule is Cn1ncc(Br)c1C(O)c1cc(Br)ccc1Cl. The molecule has 1 N–H and O–H groups in total. The van der Waals surface area contributed by atoms with Crippen LogP contribution in [-0.4, -0.2) is 14.9 Å². The van der Waals surface area contributed by atoms with Crippen LogP contribution in [0.2, 0.25) is 5.02 Å². The van der Waals surface area contributed by atoms with Crippen LogP contribution in [0.4, 0.5) is 0 Å². The standard InChI is InChI=1S/C11H9Br2ClN2O/c1-16-10(8(13)5-15-16)11(17)7-4-6(12)2-3-9(7)14/h2-5,11,17H,1H3. The molecule has 2 aromatic rings. The van der Waals surface area contributed by atoms with Crippen molar-refractivity contribution in [1.82, 2.24) is 9.78 Å². The van der Waals surface area contributed by atoms with E-state index in [0.717, 1.165) is 8.95 Å². The minimum Gasteiger partial charge on any atom is -0.382 e. The predicted octanol–water partition coefficient (Wildman–Crippen LogP) is 3.68. The van der Waals surface area contributed by atoms with Crippen molar-refractivity contribution in [3.05, 3.63) is 49.6 Å². The summed E-state index contributed by atoms with van der Waals surface area (Å²) in [5.74, 6) is 0. The Balaban J connectivity index is 2.50. The molecule has 0 spiro atoms. The average molecular weight is 380 g/mol. The molecule has 2 rings (SSSR count). The lowest BCUT2D eigenvalue weighted by Gasteiger charge is -2.14. The molecule has 1 aromatic heterocycles. The quantitative estimate of drug-likeness (QED) is 0.863. The monoisotopic (exact) mass is 378 g/mol. The molecule has 3 nitrogen and oxygen atoms in total. The topological polar surface area (TPSA) is 38.0 Å². The Morgan fingerprint density at radius 3 is 2.71 bits per heavy atom. The maximum absolute atomic E-state index is 10.4. The number of aliphatic hydroxyl groups excluding tert-OH is 1. The largest absolute Gasteiger partial charge is 0.382 e. The lowest BCUT2D eigenvalue weighted by atomic mass is 10.1. The fraction of sp³-hybridized carbons (Fsp3) is 0.182. The van der Waals surface area contributed by atoms with Crippen LogP contribution in [0.25, 0.3) is 0 Å². The molecule has 17 heavy (non-hydrogen) atoms. The van der Waals surface area contributed by atoms with Gasteiger partial charge in [-0.25, -0.2) is 0 Å². The molecule has 1 atom stereocenters. The zero-order valence-electron chi connectivity index (χ0n) is 8.86. The highest BCUT2D eigenvalue weighted by Gasteiger charge is 2.20. The van der Waals surface area contributed by atoms with Gasteiger partial charge in [-0.1, -0.05) is 27.5 Å². The number of hydrogen-bond acceptors (Lipinski definition) is 2. The minimum atomic E-state index is -0.818. The fourth-order valence-electron chi connectivity index (χ4n) is 1.60. The number of rotatable bonds is 2. The Labute approximate surface area is 121 Å². The van der Waals surface area contributed by atoms with Gasteiger partial charge in [0, 0.05) is 22.1 Å². The van der Waals surface area contributed by atoms with Crippen LogP contribution < -0.4 is 0 Å². The first-order valence-corrected chi connectivity index (χ1v) is 6.77. The number of benzene rings is 1. The molecule has 0 saturated carbocycles. The second-order valence-electron chi connectivity index (χ2n) is 3.57. The zero-order chi connectivity index (χ0) is 12.6. The number of nitrogens with zero attached hydrogens (tertiary/aromatic N) is 2. The molecule has 0 aliphatic heterocycles. The predicted molar refractivity (Wildman–Crippen MR) is 74.1 cm³/mol. The van der Waals surface area contributed by atoms with E-state index in [1.807, 2.05) is 6.07 Å². The second-order valence-corrected chi connectivity index (χ2v) is 5.75. The number of aliphatic hydroxyl groups is 1. The molecule has 1 heterocycles. The van der Waals surface area contributed by atoms with Gasteiger partial charge in [-0.05, 0) is 34.1 Å². The maximum atomic E-state index is 10.4. The van der Waals surface area contributed by atoms with Crippen molar-refractivity contribution in [2.75, 3.05) is 0 Å². The molecule has 90 valence electrons. The smallest absolute Gasteiger partial charge is 0.123 e. The Morgan fingerprint density at radius 2 is 2.12 bits per heavy atom. The molecule has 6 heteroatoms. The van der Waals surface area contributed by atoms with E-state index in [-0.39, 0.29) is 0 Å². The van der Waals surface area contributed by atoms with Crippen molar-refractivity contribution in [1.29, 1.82) is 0 Å². The summed E-state index contributed by atoms with van der Waals surface area (Å²) in [4.78, 5) is 0. The van der Waals surface area contributed by atoms with E-state index in [0.29, 0.717) is 16.3 Å². The van der Waals surface area contributed by atoms with Gasteiger partial charge in [-0.15, -0.1) is 0 Å². The summed E-state index contributed by atoms with van der Waals surface area (Å²) in [6.45, 7) is 0. The van der Waals surface area contributed by atoms with Gasteiger partial charge >= 0.3 is 0 Å². The summed E-state index contributed by atoms with van der Waals surface area (Å²) < 4.78 is 3.24. The summed E-state index contributed by atoms with van der Waals surface area (Å²) in [7, 11) is 1.77. The average Bonchev–Trinajstić information content (AvgIpc) is 2.61. The summed E-state index contributed by atoms with van der Waals surface area (Å²) in [5, 5.41) is 14.9. The van der Waals surface area contributed by atoms with Crippen LogP contribution in [-0.2, 0) is 7.05 Å². The van der Waals surface area contributed by atoms with Crippen molar-refractivity contribution in [3.8, 4) is 0 Å². The van der Waals surface area contributed by atoms with E-state index in [9.17, 15) is 5.11 Å². The third-order valence-corrected chi connectivity index (χ3v) is 3.90. The van der Waals surface area contributed by atoms with Gasteiger partial charge in [0.2, 0.25) is 0 Å². The normalized spacial score (nSPS) is 12.8. The Morgan fingerprint density at radius 1 is 1.41 bits per heavy atom. The molecule has 1 unspecified atom stereocenters. The van der Waals surface area contributed by atoms with E-state index in [1.54, 1.807) is 30.1 Å². The lowest BCUT2D eigenvalue weighted by Crippen LogP contribution is -2.07. The second kappa shape index (κ2) is 5.10. The molecule has 1 aromatic carbocycles. The highest BCUT2D eigenvalue weighted by molar-refractivity contribution is 9.10. The first kappa shape index (κ1) is 13.1. The Kier molecular flexibility index (Phi) is 3.92. The number of hydrogen-bond donors (Lipinski definition) is 1. The number of halogens is 3. The van der Waals surface area contributed by atoms with Crippen LogP contribution in [0, 0.1) is 0 Å². The molecular formula is C11H9Br2ClN2O. The highest BCUT2D eigenvalue weighted by Crippen LogP contribution is 2.33. The van der Waals surface area contributed by atoms with Crippen molar-refractivity contribution in [2.45, 2.75) is 6.10 Å². The Bertz CT molecular complexity index is 537. The van der Waals surface area contributed by atoms with Crippen LogP contribution >= 0.6 is 43.5 Å². The molecule has 0 saturated heterocycles. The van der Waals surface area contributed by atoms with E-state index in [2.05, 4.69) is 37.0 Å². The third kappa shape index (κ3) is 2.57. The fourth-order valence-corrected chi connectivity index (χ4v) is 2.76. The summed E-state index contributed by atoms with van der Waals surface area (Å²) in [5.41, 5.74) is 1.32. The molecule has 0 aliphatic carbocycles. The van der Waals surface area contributed by atoms with E-state index >= 15 is 0 Å². The van der Waals surface area contributed by atoms with Gasteiger partial charge in [-0.2, -0.15) is 5.10 Å². The van der Waals surface area contributed by atoms with E-state index in [1.165, 1.54) is 0 Å². The first-order valence-electron chi connectivity index (χ1n) is 4.81. The first-order chi connectivity index (χ1) is 8.00. The van der Waals surface area contributed by atoms with Gasteiger partial charge in [0.05, 0.1) is 16.4 Å². The molecule has 0 amide bonds. The summed E-state index contributed by atoms with van der Waals surface area (Å²) in [6, 6.07) is 5.37. The van der Waals surface area contributed by atoms with Crippen LogP contribution in [0.15, 0.2) is 33.3 Å². The van der Waals surface area contributed by atoms with Crippen molar-refractivity contribution in [3.63, 3.8) is 0 Å². The molecule has 0 fully saturated rings. The maximum Gasteiger partial charge on any atom is 0.123 e. The van der Waals surface area contributed by atoms with E-state index in [4.69, 9.17) is 11.6 Å². The van der Waals surface area contributed by atoms with Crippen molar-refractivity contribution in [2.24, 2.45) is 7.05 Å². The third-order valence-electron chi connectivity index (χ3n) is 2.45. The Hall–Kier alpha value is -0.360. The van der Waals surface area contributed by atoms with Gasteiger partial charge in [0.15, 0.2) is 0 Å². The highest BCUT2D eigenvalue weighted by atomic mass is 79.9. The number of aromatic nitrogens is 2. The van der Waals surface area contributed by atoms with Gasteiger partial charge in [0.1, 0.15) is 6.10 Å². The van der Waals surface area contributed by atoms with Crippen LogP contribution in [0.5, 0.6) is 0 Å². The van der Waals surface area contributed by atoms with Crippen LogP contribution in [0.1, 0.15) is 17.4 Å². The molecule has 0 aliphatic rings. The minimum absolute atomic E-state index is 0.522. The number of aryl methyl sites for hydroxylation is 1. The van der Waals surface area contributed by atoms with E-state index < -0.39 is 6.10 Å². The molecular weight excluding hydrogens is 371 g/mol. The van der Waals surface area contributed by atoms with Crippen molar-refractivity contribution < 1.29 is 5.11 Å². The van der Waals surface area contributed by atoms with Crippen molar-refractivity contribution >= 4 is 43.5 Å². The summed E-state index contributed by atoms with van der Waals surface area (Å²) in [6.07, 6.45) is 0.826. The van der Waals surface area contributed by atoms with Gasteiger partial charge < -0.3 is 5.11 Å². The summed E-state index contributed by atoms with van der Waals surface area (Å²) >= 11 is 12.8. The zero-order valence-corrected chi connectivity index (χ0v) is 12.8. The molecule has 0 radical (unpaired) electrons. The molecule has 0 bridgehead atoms. The van der Waals surface area contributed by atoms with Gasteiger partial charge in [-0.3, -0.25) is 4.68 Å².